The molecule has 0 aliphatic carbocycles. The molecule has 1 aromatic heterocycles. The van der Waals surface area contributed by atoms with Crippen LogP contribution < -0.4 is 10.5 Å². The number of nitrogens with zero attached hydrogens (tertiary/aromatic N) is 1. The Morgan fingerprint density at radius 2 is 2.12 bits per heavy atom. The number of hydrogen-bond donors (Lipinski definition) is 1. The van der Waals surface area contributed by atoms with Crippen molar-refractivity contribution in [2.24, 2.45) is 5.73 Å². The van der Waals surface area contributed by atoms with E-state index in [9.17, 15) is 0 Å². The summed E-state index contributed by atoms with van der Waals surface area (Å²) in [6, 6.07) is 6.66. The van der Waals surface area contributed by atoms with Crippen LogP contribution in [-0.2, 0) is 6.42 Å². The highest BCUT2D eigenvalue weighted by atomic mass is 16.5. The number of nitrogens with two attached hydrogens (primary N) is 1. The summed E-state index contributed by atoms with van der Waals surface area (Å²) in [5, 5.41) is 1.28. The van der Waals surface area contributed by atoms with Crippen molar-refractivity contribution >= 4 is 10.9 Å². The molecule has 0 saturated carbocycles. The van der Waals surface area contributed by atoms with Gasteiger partial charge in [0.25, 0.3) is 0 Å². The van der Waals surface area contributed by atoms with Crippen LogP contribution in [0.15, 0.2) is 24.4 Å². The fourth-order valence-electron chi connectivity index (χ4n) is 2.21. The Hall–Kier alpha value is -1.48. The maximum Gasteiger partial charge on any atom is 0.120 e. The molecular weight excluding hydrogens is 212 g/mol. The molecule has 3 heteroatoms. The summed E-state index contributed by atoms with van der Waals surface area (Å²) < 4.78 is 7.57. The Morgan fingerprint density at radius 1 is 1.35 bits per heavy atom. The molecule has 0 aliphatic rings. The lowest BCUT2D eigenvalue weighted by molar-refractivity contribution is 0.415. The fraction of sp³-hybridized carbons (Fsp3) is 0.429. The predicted molar refractivity (Wildman–Crippen MR) is 71.6 cm³/mol. The van der Waals surface area contributed by atoms with E-state index in [2.05, 4.69) is 36.7 Å². The number of benzene rings is 1. The van der Waals surface area contributed by atoms with Crippen molar-refractivity contribution in [3.63, 3.8) is 0 Å². The Kier molecular flexibility index (Phi) is 3.38. The Bertz CT molecular complexity index is 514. The smallest absolute Gasteiger partial charge is 0.120 e. The third kappa shape index (κ3) is 2.15. The van der Waals surface area contributed by atoms with Crippen molar-refractivity contribution in [3.05, 3.63) is 30.0 Å². The quantitative estimate of drug-likeness (QED) is 0.880. The van der Waals surface area contributed by atoms with Crippen molar-refractivity contribution in [2.45, 2.75) is 26.3 Å². The van der Waals surface area contributed by atoms with Gasteiger partial charge in [-0.2, -0.15) is 0 Å². The van der Waals surface area contributed by atoms with Crippen molar-refractivity contribution in [1.29, 1.82) is 0 Å². The van der Waals surface area contributed by atoms with Gasteiger partial charge in [0.2, 0.25) is 0 Å². The lowest BCUT2D eigenvalue weighted by atomic mass is 10.1. The fourth-order valence-corrected chi connectivity index (χ4v) is 2.21. The van der Waals surface area contributed by atoms with Crippen LogP contribution >= 0.6 is 0 Å². The van der Waals surface area contributed by atoms with Gasteiger partial charge in [-0.05, 0) is 44.5 Å². The van der Waals surface area contributed by atoms with Crippen LogP contribution in [0.5, 0.6) is 5.75 Å². The molecule has 0 unspecified atom stereocenters. The average Bonchev–Trinajstić information content (AvgIpc) is 2.68. The molecule has 3 nitrogen and oxygen atoms in total. The van der Waals surface area contributed by atoms with E-state index in [0.717, 1.165) is 12.2 Å². The molecule has 0 saturated heterocycles. The molecule has 0 spiro atoms. The molecule has 0 fully saturated rings. The van der Waals surface area contributed by atoms with Crippen LogP contribution in [0.3, 0.4) is 0 Å². The molecule has 2 rings (SSSR count). The predicted octanol–water partition coefficient (Wildman–Crippen LogP) is 2.73. The van der Waals surface area contributed by atoms with Crippen molar-refractivity contribution < 1.29 is 4.74 Å². The molecule has 92 valence electrons. The van der Waals surface area contributed by atoms with Gasteiger partial charge < -0.3 is 15.0 Å². The van der Waals surface area contributed by atoms with E-state index in [1.807, 2.05) is 6.07 Å². The molecule has 2 N–H and O–H groups in total. The van der Waals surface area contributed by atoms with Gasteiger partial charge in [0, 0.05) is 23.7 Å². The Balaban J connectivity index is 2.63. The zero-order valence-corrected chi connectivity index (χ0v) is 10.7. The highest BCUT2D eigenvalue weighted by Crippen LogP contribution is 2.28. The van der Waals surface area contributed by atoms with E-state index in [1.165, 1.54) is 16.5 Å². The number of rotatable bonds is 4. The number of methoxy groups -OCH3 is 1. The highest BCUT2D eigenvalue weighted by Gasteiger charge is 2.10. The maximum absolute atomic E-state index is 5.66. The van der Waals surface area contributed by atoms with Crippen molar-refractivity contribution in [3.8, 4) is 5.75 Å². The van der Waals surface area contributed by atoms with E-state index in [-0.39, 0.29) is 0 Å². The Morgan fingerprint density at radius 3 is 2.71 bits per heavy atom. The first-order chi connectivity index (χ1) is 8.17. The summed E-state index contributed by atoms with van der Waals surface area (Å²) in [4.78, 5) is 0. The van der Waals surface area contributed by atoms with Crippen LogP contribution in [0.2, 0.25) is 0 Å². The Labute approximate surface area is 102 Å². The average molecular weight is 232 g/mol. The van der Waals surface area contributed by atoms with Crippen LogP contribution in [0.4, 0.5) is 0 Å². The molecule has 1 heterocycles. The van der Waals surface area contributed by atoms with Gasteiger partial charge in [0.1, 0.15) is 5.75 Å². The lowest BCUT2D eigenvalue weighted by Crippen LogP contribution is -2.02. The zero-order chi connectivity index (χ0) is 12.4. The van der Waals surface area contributed by atoms with Crippen LogP contribution in [0.25, 0.3) is 10.9 Å². The van der Waals surface area contributed by atoms with Gasteiger partial charge in [-0.3, -0.25) is 0 Å². The largest absolute Gasteiger partial charge is 0.497 e. The van der Waals surface area contributed by atoms with Crippen LogP contribution in [0.1, 0.15) is 25.5 Å². The molecule has 1 aromatic carbocycles. The molecule has 0 bridgehead atoms. The summed E-state index contributed by atoms with van der Waals surface area (Å²) in [7, 11) is 1.70. The molecule has 0 radical (unpaired) electrons. The third-order valence-electron chi connectivity index (χ3n) is 3.09. The van der Waals surface area contributed by atoms with Crippen molar-refractivity contribution in [2.75, 3.05) is 13.7 Å². The first-order valence-corrected chi connectivity index (χ1v) is 6.05. The van der Waals surface area contributed by atoms with Crippen molar-refractivity contribution in [1.82, 2.24) is 4.57 Å². The number of aromatic nitrogens is 1. The SMILES string of the molecule is COc1ccc2c(CCN)cn(C(C)C)c2c1. The summed E-state index contributed by atoms with van der Waals surface area (Å²) in [6.07, 6.45) is 3.13. The first kappa shape index (κ1) is 12.0. The van der Waals surface area contributed by atoms with Gasteiger partial charge >= 0.3 is 0 Å². The van der Waals surface area contributed by atoms with Crippen LogP contribution in [0, 0.1) is 0 Å². The molecule has 0 aliphatic heterocycles. The minimum atomic E-state index is 0.441. The van der Waals surface area contributed by atoms with Gasteiger partial charge in [0.05, 0.1) is 12.6 Å². The third-order valence-corrected chi connectivity index (χ3v) is 3.09. The molecular formula is C14H20N2O. The lowest BCUT2D eigenvalue weighted by Gasteiger charge is -2.09. The van der Waals surface area contributed by atoms with E-state index in [1.54, 1.807) is 7.11 Å². The number of ether oxygens (including phenoxy) is 1. The summed E-state index contributed by atoms with van der Waals surface area (Å²) in [5.41, 5.74) is 8.20. The summed E-state index contributed by atoms with van der Waals surface area (Å²) in [6.45, 7) is 5.06. The number of fused-ring (bicyclic) bond motifs is 1. The molecule has 17 heavy (non-hydrogen) atoms. The van der Waals surface area contributed by atoms with Gasteiger partial charge in [-0.1, -0.05) is 0 Å². The van der Waals surface area contributed by atoms with Gasteiger partial charge in [-0.15, -0.1) is 0 Å². The normalized spacial score (nSPS) is 11.4. The second-order valence-corrected chi connectivity index (χ2v) is 4.58. The molecule has 2 aromatic rings. The van der Waals surface area contributed by atoms with Gasteiger partial charge in [-0.25, -0.2) is 0 Å². The minimum absolute atomic E-state index is 0.441. The van der Waals surface area contributed by atoms with E-state index in [0.29, 0.717) is 12.6 Å². The van der Waals surface area contributed by atoms with Crippen LogP contribution in [-0.4, -0.2) is 18.2 Å². The highest BCUT2D eigenvalue weighted by molar-refractivity contribution is 5.85. The van der Waals surface area contributed by atoms with E-state index in [4.69, 9.17) is 10.5 Å². The van der Waals surface area contributed by atoms with Gasteiger partial charge in [0.15, 0.2) is 0 Å². The van der Waals surface area contributed by atoms with E-state index >= 15 is 0 Å². The summed E-state index contributed by atoms with van der Waals surface area (Å²) >= 11 is 0. The van der Waals surface area contributed by atoms with E-state index < -0.39 is 0 Å². The minimum Gasteiger partial charge on any atom is -0.497 e. The molecule has 0 amide bonds. The summed E-state index contributed by atoms with van der Waals surface area (Å²) in [5.74, 6) is 0.900. The standard InChI is InChI=1S/C14H20N2O/c1-10(2)16-9-11(6-7-15)13-5-4-12(17-3)8-14(13)16/h4-5,8-10H,6-7,15H2,1-3H3. The zero-order valence-electron chi connectivity index (χ0n) is 10.7. The topological polar surface area (TPSA) is 40.2 Å². The second kappa shape index (κ2) is 4.80. The maximum atomic E-state index is 5.66. The number of hydrogen-bond acceptors (Lipinski definition) is 2. The first-order valence-electron chi connectivity index (χ1n) is 6.05. The second-order valence-electron chi connectivity index (χ2n) is 4.58. The molecule has 0 atom stereocenters. The monoisotopic (exact) mass is 232 g/mol.